The van der Waals surface area contributed by atoms with Crippen LogP contribution < -0.4 is 5.32 Å². The van der Waals surface area contributed by atoms with Gasteiger partial charge in [0.15, 0.2) is 0 Å². The van der Waals surface area contributed by atoms with E-state index in [-0.39, 0.29) is 0 Å². The Morgan fingerprint density at radius 2 is 2.10 bits per heavy atom. The number of ketones is 1. The lowest BCUT2D eigenvalue weighted by Crippen LogP contribution is -2.36. The zero-order chi connectivity index (χ0) is 23.6. The maximum atomic E-state index is 12.0. The number of Topliss-reactive ketones (excluding diaryl/α,β-unsaturated/α-hetero) is 1. The molecule has 20 heavy (non-hydrogen) atoms. The molecule has 1 saturated carbocycles. The Kier molecular flexibility index (Phi) is 2.52. The summed E-state index contributed by atoms with van der Waals surface area (Å²) < 4.78 is 84.3. The molecule has 2 rings (SSSR count). The van der Waals surface area contributed by atoms with Gasteiger partial charge >= 0.3 is 0 Å². The predicted octanol–water partition coefficient (Wildman–Crippen LogP) is 5.04. The van der Waals surface area contributed by atoms with Crippen molar-refractivity contribution in [2.75, 3.05) is 5.32 Å². The molecule has 110 valence electrons. The van der Waals surface area contributed by atoms with Crippen molar-refractivity contribution in [1.82, 2.24) is 0 Å². The zero-order valence-electron chi connectivity index (χ0n) is 21.4. The quantitative estimate of drug-likeness (QED) is 0.808. The highest BCUT2D eigenvalue weighted by Crippen LogP contribution is 2.34. The molecule has 1 fully saturated rings. The molecule has 0 radical (unpaired) electrons. The lowest BCUT2D eigenvalue weighted by molar-refractivity contribution is -0.117. The highest BCUT2D eigenvalue weighted by molar-refractivity contribution is 9.10. The van der Waals surface area contributed by atoms with Gasteiger partial charge in [-0.1, -0.05) is 42.0 Å². The molecule has 0 spiro atoms. The maximum Gasteiger partial charge on any atom is 0.131 e. The average molecular weight is 348 g/mol. The number of rotatable bonds is 5. The van der Waals surface area contributed by atoms with E-state index in [0.717, 1.165) is 11.4 Å². The van der Waals surface area contributed by atoms with Crippen molar-refractivity contribution in [1.29, 1.82) is 0 Å². The molecule has 0 bridgehead atoms. The second-order valence-corrected chi connectivity index (χ2v) is 5.56. The van der Waals surface area contributed by atoms with Gasteiger partial charge in [-0.25, -0.2) is 0 Å². The number of hydrogen-bond acceptors (Lipinski definition) is 2. The van der Waals surface area contributed by atoms with Crippen molar-refractivity contribution in [3.05, 3.63) is 28.7 Å². The van der Waals surface area contributed by atoms with E-state index in [4.69, 9.17) is 13.7 Å². The Bertz CT molecular complexity index is 794. The second kappa shape index (κ2) is 7.26. The van der Waals surface area contributed by atoms with Crippen molar-refractivity contribution in [2.45, 2.75) is 51.8 Å². The number of carbonyl (C=O) groups is 1. The number of nitrogens with one attached hydrogen (secondary N) is 1. The number of hydrogen-bond donors (Lipinski definition) is 1. The van der Waals surface area contributed by atoms with E-state index in [2.05, 4.69) is 21.2 Å². The molecule has 1 aliphatic carbocycles. The summed E-state index contributed by atoms with van der Waals surface area (Å²) in [5.41, 5.74) is 0.359. The molecule has 0 aromatic heterocycles. The highest BCUT2D eigenvalue weighted by Gasteiger charge is 2.29. The normalized spacial score (nSPS) is 49.0. The van der Waals surface area contributed by atoms with Gasteiger partial charge in [0.1, 0.15) is 5.78 Å². The summed E-state index contributed by atoms with van der Waals surface area (Å²) in [4.78, 5) is 12.0. The van der Waals surface area contributed by atoms with E-state index >= 15 is 0 Å². The minimum absolute atomic E-state index is 0.359. The van der Waals surface area contributed by atoms with Crippen molar-refractivity contribution in [3.63, 3.8) is 0 Å². The van der Waals surface area contributed by atoms with Crippen LogP contribution in [0, 0.1) is 11.8 Å². The third-order valence-corrected chi connectivity index (χ3v) is 3.47. The molecule has 0 saturated heterocycles. The molecule has 3 atom stereocenters. The summed E-state index contributed by atoms with van der Waals surface area (Å²) >= 11 is 3.27. The van der Waals surface area contributed by atoms with Crippen molar-refractivity contribution < 1.29 is 18.5 Å². The predicted molar refractivity (Wildman–Crippen MR) is 88.0 cm³/mol. The fourth-order valence-electron chi connectivity index (χ4n) is 1.99. The van der Waals surface area contributed by atoms with Crippen LogP contribution >= 0.6 is 15.9 Å². The Morgan fingerprint density at radius 3 is 2.75 bits per heavy atom. The SMILES string of the molecule is [2H]C1([2H])C([2H])([2H])C([2H])([2H])[C@@]([2H])([C@H](CC(C)=O)Nc2ccc(Br)cc2)C([2H])(C)C1([2H])[2H]. The van der Waals surface area contributed by atoms with E-state index < -0.39 is 55.5 Å². The topological polar surface area (TPSA) is 29.1 Å². The number of carbonyl (C=O) groups excluding carboxylic acids is 1. The second-order valence-electron chi connectivity index (χ2n) is 4.65. The average Bonchev–Trinajstić information content (AvgIpc) is 2.60. The smallest absolute Gasteiger partial charge is 0.131 e. The van der Waals surface area contributed by atoms with E-state index in [1.165, 1.54) is 6.92 Å². The molecule has 1 N–H and O–H groups in total. The van der Waals surface area contributed by atoms with Gasteiger partial charge in [-0.2, -0.15) is 0 Å². The van der Waals surface area contributed by atoms with Gasteiger partial charge in [0, 0.05) is 36.3 Å². The summed E-state index contributed by atoms with van der Waals surface area (Å²) in [5.74, 6) is -6.14. The van der Waals surface area contributed by atoms with Crippen molar-refractivity contribution in [2.24, 2.45) is 11.8 Å². The summed E-state index contributed by atoms with van der Waals surface area (Å²) in [6.07, 6.45) is -14.0. The first-order valence-corrected chi connectivity index (χ1v) is 7.10. The molecule has 3 heteroatoms. The van der Waals surface area contributed by atoms with Crippen LogP contribution in [0.2, 0.25) is 0 Å². The molecule has 0 heterocycles. The Hall–Kier alpha value is -0.830. The third-order valence-electron chi connectivity index (χ3n) is 2.94. The van der Waals surface area contributed by atoms with E-state index in [1.54, 1.807) is 24.3 Å². The van der Waals surface area contributed by atoms with Crippen LogP contribution in [-0.2, 0) is 4.79 Å². The molecule has 1 unspecified atom stereocenters. The molecular formula is C17H24BrNO. The van der Waals surface area contributed by atoms with Gasteiger partial charge in [0.25, 0.3) is 0 Å². The van der Waals surface area contributed by atoms with Crippen LogP contribution in [0.5, 0.6) is 0 Å². The minimum atomic E-state index is -3.47. The van der Waals surface area contributed by atoms with E-state index in [1.807, 2.05) is 0 Å². The Balaban J connectivity index is 2.77. The molecule has 1 aliphatic rings. The molecule has 1 aromatic carbocycles. The van der Waals surface area contributed by atoms with Gasteiger partial charge in [0.05, 0.1) is 0 Å². The largest absolute Gasteiger partial charge is 0.382 e. The summed E-state index contributed by atoms with van der Waals surface area (Å²) in [6.45, 7) is 2.09. The third kappa shape index (κ3) is 4.34. The summed E-state index contributed by atoms with van der Waals surface area (Å²) in [5, 5.41) is 2.82. The summed E-state index contributed by atoms with van der Waals surface area (Å²) in [7, 11) is 0. The lowest BCUT2D eigenvalue weighted by Gasteiger charge is -2.36. The maximum absolute atomic E-state index is 12.0. The fraction of sp³-hybridized carbons (Fsp3) is 0.588. The van der Waals surface area contributed by atoms with Crippen LogP contribution in [0.15, 0.2) is 28.7 Å². The standard InChI is InChI=1S/C17H24BrNO/c1-12-5-3-4-6-16(12)17(11-13(2)20)19-15-9-7-14(18)8-10-15/h7-10,12,16-17,19H,3-6,11H2,1-2H3/t12?,16-,17+/m1/s1/i3D2,4D2,5D2,6D2,12D,16D. The Morgan fingerprint density at radius 1 is 1.45 bits per heavy atom. The van der Waals surface area contributed by atoms with Crippen LogP contribution in [0.4, 0.5) is 5.69 Å². The molecule has 2 nitrogen and oxygen atoms in total. The van der Waals surface area contributed by atoms with Gasteiger partial charge in [-0.3, -0.25) is 4.79 Å². The first-order valence-electron chi connectivity index (χ1n) is 11.3. The van der Waals surface area contributed by atoms with E-state index in [0.29, 0.717) is 5.69 Å². The lowest BCUT2D eigenvalue weighted by atomic mass is 9.75. The first-order chi connectivity index (χ1) is 13.3. The van der Waals surface area contributed by atoms with Crippen LogP contribution in [0.3, 0.4) is 0 Å². The molecule has 0 aliphatic heterocycles. The van der Waals surface area contributed by atoms with Crippen LogP contribution in [-0.4, -0.2) is 11.8 Å². The van der Waals surface area contributed by atoms with E-state index in [9.17, 15) is 4.79 Å². The molecule has 1 aromatic rings. The van der Waals surface area contributed by atoms with Gasteiger partial charge < -0.3 is 5.32 Å². The van der Waals surface area contributed by atoms with Crippen LogP contribution in [0.1, 0.15) is 59.5 Å². The summed E-state index contributed by atoms with van der Waals surface area (Å²) in [6, 6.07) is 4.92. The van der Waals surface area contributed by atoms with Gasteiger partial charge in [-0.15, -0.1) is 0 Å². The first kappa shape index (κ1) is 6.95. The molecular weight excluding hydrogens is 314 g/mol. The van der Waals surface area contributed by atoms with Crippen molar-refractivity contribution in [3.8, 4) is 0 Å². The minimum Gasteiger partial charge on any atom is -0.382 e. The zero-order valence-corrected chi connectivity index (χ0v) is 13.0. The van der Waals surface area contributed by atoms with Crippen LogP contribution in [0.25, 0.3) is 0 Å². The highest BCUT2D eigenvalue weighted by atomic mass is 79.9. The van der Waals surface area contributed by atoms with Crippen molar-refractivity contribution >= 4 is 27.4 Å². The van der Waals surface area contributed by atoms with Gasteiger partial charge in [-0.05, 0) is 49.4 Å². The number of halogens is 1. The molecule has 0 amide bonds. The monoisotopic (exact) mass is 347 g/mol. The number of benzene rings is 1. The number of anilines is 1. The fourth-order valence-corrected chi connectivity index (χ4v) is 2.26. The Labute approximate surface area is 144 Å². The van der Waals surface area contributed by atoms with Gasteiger partial charge in [0.2, 0.25) is 0 Å².